The first kappa shape index (κ1) is 23.1. The minimum atomic E-state index is -3.62. The Kier molecular flexibility index (Phi) is 6.11. The molecule has 9 heteroatoms. The molecule has 1 fully saturated rings. The third kappa shape index (κ3) is 4.43. The zero-order valence-electron chi connectivity index (χ0n) is 19.7. The van der Waals surface area contributed by atoms with Crippen LogP contribution in [0.1, 0.15) is 38.4 Å². The van der Waals surface area contributed by atoms with Crippen LogP contribution >= 0.6 is 0 Å². The molecule has 174 valence electrons. The molecule has 8 nitrogen and oxygen atoms in total. The largest absolute Gasteiger partial charge is 0.336 e. The van der Waals surface area contributed by atoms with Crippen molar-refractivity contribution in [1.82, 2.24) is 24.0 Å². The van der Waals surface area contributed by atoms with E-state index < -0.39 is 10.0 Å². The average molecular weight is 468 g/mol. The van der Waals surface area contributed by atoms with Gasteiger partial charge in [-0.25, -0.2) is 18.1 Å². The van der Waals surface area contributed by atoms with Gasteiger partial charge in [-0.3, -0.25) is 4.79 Å². The normalized spacial score (nSPS) is 15.1. The van der Waals surface area contributed by atoms with Crippen LogP contribution < -0.4 is 0 Å². The molecule has 2 aromatic heterocycles. The predicted molar refractivity (Wildman–Crippen MR) is 126 cm³/mol. The van der Waals surface area contributed by atoms with E-state index in [1.165, 1.54) is 4.31 Å². The van der Waals surface area contributed by atoms with Crippen molar-refractivity contribution < 1.29 is 13.2 Å². The fourth-order valence-electron chi connectivity index (χ4n) is 4.52. The monoisotopic (exact) mass is 467 g/mol. The minimum Gasteiger partial charge on any atom is -0.336 e. The molecule has 1 amide bonds. The van der Waals surface area contributed by atoms with Gasteiger partial charge in [-0.1, -0.05) is 17.7 Å². The Labute approximate surface area is 194 Å². The van der Waals surface area contributed by atoms with E-state index in [1.54, 1.807) is 27.9 Å². The third-order valence-corrected chi connectivity index (χ3v) is 8.15. The molecular weight excluding hydrogens is 438 g/mol. The van der Waals surface area contributed by atoms with Gasteiger partial charge in [-0.2, -0.15) is 9.40 Å². The molecule has 0 N–H and O–H groups in total. The van der Waals surface area contributed by atoms with Gasteiger partial charge in [0.1, 0.15) is 0 Å². The van der Waals surface area contributed by atoms with Crippen molar-refractivity contribution in [2.75, 3.05) is 26.2 Å². The van der Waals surface area contributed by atoms with Gasteiger partial charge in [0.2, 0.25) is 10.0 Å². The van der Waals surface area contributed by atoms with Gasteiger partial charge >= 0.3 is 0 Å². The van der Waals surface area contributed by atoms with E-state index in [9.17, 15) is 13.2 Å². The molecule has 0 radical (unpaired) electrons. The van der Waals surface area contributed by atoms with E-state index in [-0.39, 0.29) is 19.0 Å². The summed E-state index contributed by atoms with van der Waals surface area (Å²) in [6.07, 6.45) is 1.55. The number of hydrogen-bond acceptors (Lipinski definition) is 5. The Bertz CT molecular complexity index is 1280. The Morgan fingerprint density at radius 3 is 2.06 bits per heavy atom. The summed E-state index contributed by atoms with van der Waals surface area (Å²) in [4.78, 5) is 19.4. The van der Waals surface area contributed by atoms with Gasteiger partial charge in [0.25, 0.3) is 5.91 Å². The molecule has 1 aromatic carbocycles. The summed E-state index contributed by atoms with van der Waals surface area (Å²) in [6, 6.07) is 9.26. The number of carbonyl (C=O) groups excluding carboxylic acids is 1. The number of aryl methyl sites for hydroxylation is 5. The fraction of sp³-hybridized carbons (Fsp3) is 0.375. The Morgan fingerprint density at radius 1 is 0.909 bits per heavy atom. The summed E-state index contributed by atoms with van der Waals surface area (Å²) in [7, 11) is -3.62. The number of carbonyl (C=O) groups is 1. The fourth-order valence-corrected chi connectivity index (χ4v) is 6.35. The summed E-state index contributed by atoms with van der Waals surface area (Å²) in [6.45, 7) is 10.7. The predicted octanol–water partition coefficient (Wildman–Crippen LogP) is 2.96. The second-order valence-electron chi connectivity index (χ2n) is 8.67. The van der Waals surface area contributed by atoms with Crippen molar-refractivity contribution in [2.45, 2.75) is 39.5 Å². The number of aromatic nitrogens is 3. The second-order valence-corrected chi connectivity index (χ2v) is 10.5. The van der Waals surface area contributed by atoms with Gasteiger partial charge < -0.3 is 4.90 Å². The Morgan fingerprint density at radius 2 is 1.55 bits per heavy atom. The van der Waals surface area contributed by atoms with Crippen LogP contribution in [0.2, 0.25) is 0 Å². The highest BCUT2D eigenvalue weighted by Crippen LogP contribution is 2.26. The average Bonchev–Trinajstić information content (AvgIpc) is 3.10. The molecule has 4 rings (SSSR count). The maximum absolute atomic E-state index is 13.3. The van der Waals surface area contributed by atoms with Gasteiger partial charge in [0.05, 0.1) is 16.2 Å². The lowest BCUT2D eigenvalue weighted by Crippen LogP contribution is -2.50. The van der Waals surface area contributed by atoms with Crippen molar-refractivity contribution in [3.05, 3.63) is 70.2 Å². The van der Waals surface area contributed by atoms with Crippen molar-refractivity contribution in [1.29, 1.82) is 0 Å². The third-order valence-electron chi connectivity index (χ3n) is 5.95. The molecule has 3 heterocycles. The smallest absolute Gasteiger partial charge is 0.255 e. The zero-order chi connectivity index (χ0) is 23.9. The van der Waals surface area contributed by atoms with E-state index >= 15 is 0 Å². The number of piperazine rings is 1. The lowest BCUT2D eigenvalue weighted by Gasteiger charge is -2.34. The quantitative estimate of drug-likeness (QED) is 0.589. The molecule has 0 spiro atoms. The van der Waals surface area contributed by atoms with E-state index in [2.05, 4.69) is 10.1 Å². The molecule has 1 aliphatic heterocycles. The number of pyridine rings is 1. The molecular formula is C24H29N5O3S. The van der Waals surface area contributed by atoms with Gasteiger partial charge in [0.15, 0.2) is 5.82 Å². The molecule has 33 heavy (non-hydrogen) atoms. The van der Waals surface area contributed by atoms with Crippen molar-refractivity contribution >= 4 is 15.9 Å². The number of amides is 1. The van der Waals surface area contributed by atoms with Crippen molar-refractivity contribution in [2.24, 2.45) is 0 Å². The summed E-state index contributed by atoms with van der Waals surface area (Å²) >= 11 is 0. The topological polar surface area (TPSA) is 88.4 Å². The number of nitrogens with zero attached hydrogens (tertiary/aromatic N) is 5. The van der Waals surface area contributed by atoms with Crippen LogP contribution in [-0.4, -0.2) is 64.5 Å². The molecule has 0 saturated carbocycles. The van der Waals surface area contributed by atoms with Crippen LogP contribution in [-0.2, 0) is 10.0 Å². The molecule has 1 aliphatic rings. The molecule has 0 bridgehead atoms. The van der Waals surface area contributed by atoms with E-state index in [0.29, 0.717) is 29.4 Å². The van der Waals surface area contributed by atoms with Crippen LogP contribution in [0.5, 0.6) is 0 Å². The first-order chi connectivity index (χ1) is 15.6. The Hall–Kier alpha value is -3.04. The number of sulfonamides is 1. The molecule has 0 aliphatic carbocycles. The SMILES string of the molecule is Cc1cc(C)c(S(=O)(=O)N2CCN(C(=O)c3ccc(-n4nc(C)cc4C)nc3)CC2)c(C)c1. The summed E-state index contributed by atoms with van der Waals surface area (Å²) in [5.41, 5.74) is 4.88. The highest BCUT2D eigenvalue weighted by atomic mass is 32.2. The standard InChI is InChI=1S/C24H29N5O3S/c1-16-12-17(2)23(18(3)13-16)33(31,32)28-10-8-27(9-11-28)24(30)21-6-7-22(25-15-21)29-20(5)14-19(4)26-29/h6-7,12-15H,8-11H2,1-5H3. The lowest BCUT2D eigenvalue weighted by atomic mass is 10.1. The summed E-state index contributed by atoms with van der Waals surface area (Å²) in [5, 5.41) is 4.41. The first-order valence-electron chi connectivity index (χ1n) is 10.9. The molecule has 0 atom stereocenters. The zero-order valence-corrected chi connectivity index (χ0v) is 20.5. The van der Waals surface area contributed by atoms with E-state index in [0.717, 1.165) is 28.1 Å². The molecule has 3 aromatic rings. The van der Waals surface area contributed by atoms with Crippen LogP contribution in [0.4, 0.5) is 0 Å². The van der Waals surface area contributed by atoms with Crippen LogP contribution in [0, 0.1) is 34.6 Å². The number of rotatable bonds is 4. The molecule has 1 saturated heterocycles. The van der Waals surface area contributed by atoms with Gasteiger partial charge in [-0.15, -0.1) is 0 Å². The van der Waals surface area contributed by atoms with Gasteiger partial charge in [-0.05, 0) is 63.9 Å². The highest BCUT2D eigenvalue weighted by molar-refractivity contribution is 7.89. The van der Waals surface area contributed by atoms with Crippen LogP contribution in [0.15, 0.2) is 41.4 Å². The maximum Gasteiger partial charge on any atom is 0.255 e. The highest BCUT2D eigenvalue weighted by Gasteiger charge is 2.32. The molecule has 0 unspecified atom stereocenters. The Balaban J connectivity index is 1.46. The van der Waals surface area contributed by atoms with E-state index in [4.69, 9.17) is 0 Å². The minimum absolute atomic E-state index is 0.151. The maximum atomic E-state index is 13.3. The van der Waals surface area contributed by atoms with Crippen LogP contribution in [0.25, 0.3) is 5.82 Å². The number of hydrogen-bond donors (Lipinski definition) is 0. The summed E-state index contributed by atoms with van der Waals surface area (Å²) < 4.78 is 29.8. The second kappa shape index (κ2) is 8.72. The first-order valence-corrected chi connectivity index (χ1v) is 12.4. The van der Waals surface area contributed by atoms with Crippen molar-refractivity contribution in [3.63, 3.8) is 0 Å². The summed E-state index contributed by atoms with van der Waals surface area (Å²) in [5.74, 6) is 0.499. The van der Waals surface area contributed by atoms with Crippen molar-refractivity contribution in [3.8, 4) is 5.82 Å². The van der Waals surface area contributed by atoms with Gasteiger partial charge in [0, 0.05) is 38.1 Å². The lowest BCUT2D eigenvalue weighted by molar-refractivity contribution is 0.0697. The van der Waals surface area contributed by atoms with E-state index in [1.807, 2.05) is 52.8 Å². The number of benzene rings is 1. The van der Waals surface area contributed by atoms with Crippen LogP contribution in [0.3, 0.4) is 0 Å².